The second kappa shape index (κ2) is 13.7. The van der Waals surface area contributed by atoms with E-state index in [0.717, 1.165) is 11.1 Å². The van der Waals surface area contributed by atoms with Crippen molar-refractivity contribution in [1.29, 1.82) is 0 Å². The zero-order valence-corrected chi connectivity index (χ0v) is 28.0. The summed E-state index contributed by atoms with van der Waals surface area (Å²) in [4.78, 5) is 40.9. The highest BCUT2D eigenvalue weighted by molar-refractivity contribution is 6.35. The highest BCUT2D eigenvalue weighted by Gasteiger charge is 2.64. The number of allylic oxidation sites excluding steroid dienone is 3. The smallest absolute Gasteiger partial charge is 0.409 e. The molecule has 11 nitrogen and oxygen atoms in total. The van der Waals surface area contributed by atoms with Crippen molar-refractivity contribution in [2.75, 3.05) is 26.2 Å². The molecule has 0 aliphatic carbocycles. The summed E-state index contributed by atoms with van der Waals surface area (Å²) in [5, 5.41) is 14.4. The van der Waals surface area contributed by atoms with Crippen LogP contribution in [0.3, 0.4) is 0 Å². The lowest BCUT2D eigenvalue weighted by atomic mass is 9.83. The van der Waals surface area contributed by atoms with Gasteiger partial charge in [0.15, 0.2) is 5.72 Å². The van der Waals surface area contributed by atoms with Crippen molar-refractivity contribution in [3.63, 3.8) is 0 Å². The van der Waals surface area contributed by atoms with Gasteiger partial charge in [-0.3, -0.25) is 14.9 Å². The van der Waals surface area contributed by atoms with E-state index in [0.29, 0.717) is 17.9 Å². The molecule has 4 rings (SSSR count). The lowest BCUT2D eigenvalue weighted by Crippen LogP contribution is -2.63. The first-order valence-corrected chi connectivity index (χ1v) is 15.6. The maximum absolute atomic E-state index is 13.8. The number of fused-ring (bicyclic) bond motifs is 5. The van der Waals surface area contributed by atoms with Gasteiger partial charge < -0.3 is 33.7 Å². The Morgan fingerprint density at radius 2 is 1.98 bits per heavy atom. The molecule has 4 bridgehead atoms. The summed E-state index contributed by atoms with van der Waals surface area (Å²) in [7, 11) is 4.57. The van der Waals surface area contributed by atoms with Crippen LogP contribution in [0, 0.1) is 11.8 Å². The first kappa shape index (κ1) is 34.7. The van der Waals surface area contributed by atoms with E-state index in [1.165, 1.54) is 19.1 Å². The number of nitrogens with one attached hydrogen (secondary N) is 1. The number of hydrogen-bond acceptors (Lipinski definition) is 9. The van der Waals surface area contributed by atoms with Gasteiger partial charge in [0.2, 0.25) is 5.91 Å². The van der Waals surface area contributed by atoms with E-state index in [2.05, 4.69) is 5.32 Å². The van der Waals surface area contributed by atoms with E-state index < -0.39 is 53.7 Å². The van der Waals surface area contributed by atoms with Crippen LogP contribution in [0.2, 0.25) is 5.02 Å². The average Bonchev–Trinajstić information content (AvgIpc) is 3.65. The minimum atomic E-state index is -1.77. The molecule has 7 atom stereocenters. The number of amides is 2. The van der Waals surface area contributed by atoms with Crippen LogP contribution >= 0.6 is 11.6 Å². The molecular weight excluding hydrogens is 604 g/mol. The number of hydrogen-bond donors (Lipinski definition) is 2. The Labute approximate surface area is 269 Å². The van der Waals surface area contributed by atoms with Crippen molar-refractivity contribution < 1.29 is 43.2 Å². The maximum atomic E-state index is 13.8. The van der Waals surface area contributed by atoms with Crippen LogP contribution in [-0.2, 0) is 35.0 Å². The zero-order chi connectivity index (χ0) is 33.3. The lowest BCUT2D eigenvalue weighted by Gasteiger charge is -2.42. The highest BCUT2D eigenvalue weighted by atomic mass is 35.5. The molecule has 2 N–H and O–H groups in total. The van der Waals surface area contributed by atoms with Gasteiger partial charge in [0, 0.05) is 32.9 Å². The minimum Gasteiger partial charge on any atom is -0.495 e. The largest absolute Gasteiger partial charge is 0.495 e. The van der Waals surface area contributed by atoms with Crippen molar-refractivity contribution in [3.8, 4) is 5.75 Å². The normalized spacial score (nSPS) is 34.2. The van der Waals surface area contributed by atoms with Gasteiger partial charge in [-0.2, -0.15) is 0 Å². The molecule has 0 spiro atoms. The number of carbonyl (C=O) groups excluding carboxylic acids is 3. The number of halogens is 1. The van der Waals surface area contributed by atoms with Gasteiger partial charge in [0.1, 0.15) is 34.7 Å². The third-order valence-electron chi connectivity index (χ3n) is 8.80. The van der Waals surface area contributed by atoms with Gasteiger partial charge in [-0.1, -0.05) is 56.2 Å². The maximum Gasteiger partial charge on any atom is 0.409 e. The average molecular weight is 649 g/mol. The molecule has 0 radical (unpaired) electrons. The standard InChI is InChI=1S/C33H45ClN2O9/c1-18(2)12-28(38)44-26-16-27(37)36(6)22-14-21(15-23(41-7)29(22)34)13-19(3)10-9-11-25(42-8)33(40)17-24(43-31(39)35-33)20(4)30-32(26,5)45-30/h9-11,14-15,18,20,24-26,30,40H,12-13,16-17H2,1-8H3,(H,35,39)/b11-9+,19-10+/t20-,24+,25-,26+,30+,32+,33+/m1/s1. The number of aliphatic hydroxyl groups is 1. The third kappa shape index (κ3) is 7.65. The molecule has 3 heterocycles. The van der Waals surface area contributed by atoms with Gasteiger partial charge in [0.05, 0.1) is 25.3 Å². The first-order chi connectivity index (χ1) is 21.1. The molecule has 2 fully saturated rings. The Morgan fingerprint density at radius 1 is 1.27 bits per heavy atom. The summed E-state index contributed by atoms with van der Waals surface area (Å²) in [6.07, 6.45) is 1.84. The number of rotatable bonds is 5. The van der Waals surface area contributed by atoms with Crippen LogP contribution in [0.1, 0.15) is 59.4 Å². The van der Waals surface area contributed by atoms with Crippen LogP contribution in [0.15, 0.2) is 35.9 Å². The molecule has 2 saturated heterocycles. The van der Waals surface area contributed by atoms with E-state index in [1.807, 2.05) is 45.9 Å². The monoisotopic (exact) mass is 648 g/mol. The number of methoxy groups -OCH3 is 2. The van der Waals surface area contributed by atoms with Crippen LogP contribution in [-0.4, -0.2) is 80.1 Å². The van der Waals surface area contributed by atoms with E-state index in [4.69, 9.17) is 35.3 Å². The lowest BCUT2D eigenvalue weighted by molar-refractivity contribution is -0.154. The Bertz CT molecular complexity index is 1360. The van der Waals surface area contributed by atoms with Gasteiger partial charge in [-0.15, -0.1) is 0 Å². The van der Waals surface area contributed by atoms with Crippen LogP contribution in [0.25, 0.3) is 0 Å². The number of alkyl carbamates (subject to hydrolysis) is 1. The van der Waals surface area contributed by atoms with Crippen molar-refractivity contribution in [1.82, 2.24) is 5.32 Å². The fourth-order valence-electron chi connectivity index (χ4n) is 6.15. The van der Waals surface area contributed by atoms with Crippen molar-refractivity contribution in [2.24, 2.45) is 11.8 Å². The van der Waals surface area contributed by atoms with Crippen LogP contribution in [0.4, 0.5) is 10.5 Å². The quantitative estimate of drug-likeness (QED) is 0.344. The highest BCUT2D eigenvalue weighted by Crippen LogP contribution is 2.49. The summed E-state index contributed by atoms with van der Waals surface area (Å²) < 4.78 is 28.9. The van der Waals surface area contributed by atoms with Crippen molar-refractivity contribution >= 4 is 35.3 Å². The van der Waals surface area contributed by atoms with Gasteiger partial charge in [-0.25, -0.2) is 4.79 Å². The van der Waals surface area contributed by atoms with E-state index in [-0.39, 0.29) is 36.1 Å². The number of benzene rings is 1. The zero-order valence-electron chi connectivity index (χ0n) is 27.2. The Hall–Kier alpha value is -3.12. The van der Waals surface area contributed by atoms with E-state index >= 15 is 0 Å². The number of esters is 1. The molecule has 2 amide bonds. The van der Waals surface area contributed by atoms with Crippen molar-refractivity contribution in [3.05, 3.63) is 46.5 Å². The molecule has 3 aliphatic heterocycles. The Morgan fingerprint density at radius 3 is 2.62 bits per heavy atom. The van der Waals surface area contributed by atoms with Gasteiger partial charge in [-0.05, 0) is 43.9 Å². The molecular formula is C33H45ClN2O9. The van der Waals surface area contributed by atoms with Gasteiger partial charge >= 0.3 is 12.1 Å². The first-order valence-electron chi connectivity index (χ1n) is 15.2. The van der Waals surface area contributed by atoms with E-state index in [1.54, 1.807) is 26.1 Å². The summed E-state index contributed by atoms with van der Waals surface area (Å²) in [5.74, 6) is -0.779. The summed E-state index contributed by atoms with van der Waals surface area (Å²) >= 11 is 6.70. The minimum absolute atomic E-state index is 0.00495. The van der Waals surface area contributed by atoms with Crippen LogP contribution in [0.5, 0.6) is 5.75 Å². The number of nitrogens with zero attached hydrogens (tertiary/aromatic N) is 1. The third-order valence-corrected chi connectivity index (χ3v) is 9.18. The summed E-state index contributed by atoms with van der Waals surface area (Å²) in [6.45, 7) is 9.36. The van der Waals surface area contributed by atoms with Crippen molar-refractivity contribution in [2.45, 2.75) is 96.0 Å². The molecule has 45 heavy (non-hydrogen) atoms. The summed E-state index contributed by atoms with van der Waals surface area (Å²) in [6, 6.07) is 3.64. The molecule has 1 aromatic carbocycles. The van der Waals surface area contributed by atoms with Crippen LogP contribution < -0.4 is 15.0 Å². The van der Waals surface area contributed by atoms with E-state index in [9.17, 15) is 19.5 Å². The topological polar surface area (TPSA) is 136 Å². The Kier molecular flexibility index (Phi) is 10.6. The second-order valence-corrected chi connectivity index (χ2v) is 13.3. The molecule has 0 aromatic heterocycles. The SMILES string of the molecule is COc1cc2cc(c1Cl)N(C)C(=O)C[C@H](OC(=O)CC(C)C)[C@]1(C)O[C@H]1[C@H](C)[C@@H]1C[C@@](O)(NC(=O)O1)[C@H](OC)/C=C/C=C(\C)C2. The molecule has 248 valence electrons. The predicted octanol–water partition coefficient (Wildman–Crippen LogP) is 4.71. The fourth-order valence-corrected chi connectivity index (χ4v) is 6.46. The molecule has 1 aromatic rings. The molecule has 3 aliphatic rings. The number of ether oxygens (including phenoxy) is 5. The Balaban J connectivity index is 1.79. The number of epoxide rings is 1. The number of anilines is 1. The predicted molar refractivity (Wildman–Crippen MR) is 168 cm³/mol. The van der Waals surface area contributed by atoms with Gasteiger partial charge in [0.25, 0.3) is 0 Å². The fraction of sp³-hybridized carbons (Fsp3) is 0.606. The summed E-state index contributed by atoms with van der Waals surface area (Å²) in [5.41, 5.74) is -0.578. The molecule has 0 unspecified atom stereocenters. The number of carbonyl (C=O) groups is 3. The molecule has 12 heteroatoms. The second-order valence-electron chi connectivity index (χ2n) is 12.9. The molecule has 0 saturated carbocycles.